The van der Waals surface area contributed by atoms with Gasteiger partial charge >= 0.3 is 0 Å². The van der Waals surface area contributed by atoms with Crippen molar-refractivity contribution in [3.05, 3.63) is 34.2 Å². The maximum absolute atomic E-state index is 11.6. The third-order valence-electron chi connectivity index (χ3n) is 2.53. The summed E-state index contributed by atoms with van der Waals surface area (Å²) in [5.74, 6) is 0. The summed E-state index contributed by atoms with van der Waals surface area (Å²) in [6.45, 7) is 8.79. The molecule has 0 radical (unpaired) electrons. The molecule has 0 saturated carbocycles. The van der Waals surface area contributed by atoms with E-state index >= 15 is 0 Å². The van der Waals surface area contributed by atoms with Crippen LogP contribution in [0.1, 0.15) is 26.5 Å². The molecule has 0 saturated heterocycles. The molecular weight excluding hydrogens is 216 g/mol. The summed E-state index contributed by atoms with van der Waals surface area (Å²) >= 11 is 0. The van der Waals surface area contributed by atoms with Gasteiger partial charge in [0, 0.05) is 23.8 Å². The van der Waals surface area contributed by atoms with Crippen LogP contribution in [0.15, 0.2) is 23.0 Å². The predicted octanol–water partition coefficient (Wildman–Crippen LogP) is 0.906. The summed E-state index contributed by atoms with van der Waals surface area (Å²) in [6, 6.07) is 5.11. The molecule has 2 N–H and O–H groups in total. The number of hydrogen-bond donors (Lipinski definition) is 2. The molecule has 1 aromatic heterocycles. The second-order valence-corrected chi connectivity index (χ2v) is 5.40. The van der Waals surface area contributed by atoms with Gasteiger partial charge in [-0.2, -0.15) is 0 Å². The number of pyridine rings is 1. The lowest BCUT2D eigenvalue weighted by Gasteiger charge is -2.23. The minimum absolute atomic E-state index is 0.0301. The van der Waals surface area contributed by atoms with Gasteiger partial charge in [0.2, 0.25) is 0 Å². The van der Waals surface area contributed by atoms with Gasteiger partial charge in [-0.05, 0) is 33.8 Å². The van der Waals surface area contributed by atoms with Crippen LogP contribution < -0.4 is 10.9 Å². The number of aliphatic hydroxyl groups is 1. The molecule has 17 heavy (non-hydrogen) atoms. The average Bonchev–Trinajstić information content (AvgIpc) is 2.20. The van der Waals surface area contributed by atoms with Crippen molar-refractivity contribution >= 4 is 0 Å². The van der Waals surface area contributed by atoms with Crippen LogP contribution in [-0.2, 0) is 6.54 Å². The Morgan fingerprint density at radius 1 is 1.41 bits per heavy atom. The van der Waals surface area contributed by atoms with E-state index in [9.17, 15) is 9.90 Å². The summed E-state index contributed by atoms with van der Waals surface area (Å²) in [6.07, 6.45) is -0.562. The van der Waals surface area contributed by atoms with Gasteiger partial charge in [0.05, 0.1) is 12.6 Å². The molecule has 0 aliphatic carbocycles. The Balaban J connectivity index is 2.63. The summed E-state index contributed by atoms with van der Waals surface area (Å²) in [5, 5.41) is 13.1. The van der Waals surface area contributed by atoms with Crippen LogP contribution in [0.5, 0.6) is 0 Å². The largest absolute Gasteiger partial charge is 0.390 e. The van der Waals surface area contributed by atoms with Crippen molar-refractivity contribution in [3.63, 3.8) is 0 Å². The first-order valence-corrected chi connectivity index (χ1v) is 5.89. The van der Waals surface area contributed by atoms with Crippen molar-refractivity contribution < 1.29 is 5.11 Å². The summed E-state index contributed by atoms with van der Waals surface area (Å²) in [7, 11) is 0. The quantitative estimate of drug-likeness (QED) is 0.819. The first-order chi connectivity index (χ1) is 7.79. The van der Waals surface area contributed by atoms with E-state index in [0.29, 0.717) is 13.1 Å². The Bertz CT molecular complexity index is 418. The van der Waals surface area contributed by atoms with Gasteiger partial charge in [-0.3, -0.25) is 4.79 Å². The SMILES string of the molecule is Cc1cccc(=O)n1CC(O)CNC(C)(C)C. The molecule has 0 spiro atoms. The maximum Gasteiger partial charge on any atom is 0.250 e. The normalized spacial score (nSPS) is 13.7. The van der Waals surface area contributed by atoms with Crippen molar-refractivity contribution in [2.45, 2.75) is 45.9 Å². The Morgan fingerprint density at radius 3 is 2.59 bits per heavy atom. The minimum atomic E-state index is -0.562. The highest BCUT2D eigenvalue weighted by Crippen LogP contribution is 2.00. The van der Waals surface area contributed by atoms with Crippen LogP contribution in [0.3, 0.4) is 0 Å². The topological polar surface area (TPSA) is 54.3 Å². The van der Waals surface area contributed by atoms with E-state index in [4.69, 9.17) is 0 Å². The highest BCUT2D eigenvalue weighted by molar-refractivity contribution is 5.04. The van der Waals surface area contributed by atoms with E-state index in [2.05, 4.69) is 5.32 Å². The van der Waals surface area contributed by atoms with Gasteiger partial charge in [0.15, 0.2) is 0 Å². The standard InChI is InChI=1S/C13H22N2O2/c1-10-6-5-7-12(17)15(10)9-11(16)8-14-13(2,3)4/h5-7,11,14,16H,8-9H2,1-4H3. The van der Waals surface area contributed by atoms with Crippen molar-refractivity contribution in [3.8, 4) is 0 Å². The van der Waals surface area contributed by atoms with E-state index in [1.54, 1.807) is 10.6 Å². The molecule has 1 heterocycles. The molecule has 0 aliphatic rings. The van der Waals surface area contributed by atoms with Crippen LogP contribution in [0.4, 0.5) is 0 Å². The number of hydrogen-bond acceptors (Lipinski definition) is 3. The van der Waals surface area contributed by atoms with Crippen LogP contribution in [0.25, 0.3) is 0 Å². The lowest BCUT2D eigenvalue weighted by Crippen LogP contribution is -2.43. The van der Waals surface area contributed by atoms with Crippen LogP contribution in [0.2, 0.25) is 0 Å². The smallest absolute Gasteiger partial charge is 0.250 e. The number of aryl methyl sites for hydroxylation is 1. The Kier molecular flexibility index (Phi) is 4.48. The lowest BCUT2D eigenvalue weighted by molar-refractivity contribution is 0.140. The average molecular weight is 238 g/mol. The molecule has 1 rings (SSSR count). The molecule has 0 amide bonds. The number of β-amino-alcohol motifs (C(OH)–C–C–N with tert-alkyl or cyclic N) is 1. The number of nitrogens with zero attached hydrogens (tertiary/aromatic N) is 1. The molecule has 0 bridgehead atoms. The first kappa shape index (κ1) is 13.9. The molecular formula is C13H22N2O2. The Labute approximate surface area is 102 Å². The second-order valence-electron chi connectivity index (χ2n) is 5.40. The van der Waals surface area contributed by atoms with E-state index in [1.807, 2.05) is 33.8 Å². The molecule has 1 unspecified atom stereocenters. The predicted molar refractivity (Wildman–Crippen MR) is 69.2 cm³/mol. The highest BCUT2D eigenvalue weighted by Gasteiger charge is 2.13. The van der Waals surface area contributed by atoms with Crippen LogP contribution >= 0.6 is 0 Å². The highest BCUT2D eigenvalue weighted by atomic mass is 16.3. The van der Waals surface area contributed by atoms with E-state index in [0.717, 1.165) is 5.69 Å². The van der Waals surface area contributed by atoms with Gasteiger partial charge in [-0.1, -0.05) is 6.07 Å². The Morgan fingerprint density at radius 2 is 2.06 bits per heavy atom. The summed E-state index contributed by atoms with van der Waals surface area (Å²) in [4.78, 5) is 11.6. The van der Waals surface area contributed by atoms with Gasteiger partial charge < -0.3 is 15.0 Å². The fourth-order valence-corrected chi connectivity index (χ4v) is 1.56. The van der Waals surface area contributed by atoms with E-state index in [1.165, 1.54) is 6.07 Å². The van der Waals surface area contributed by atoms with Crippen molar-refractivity contribution in [1.29, 1.82) is 0 Å². The van der Waals surface area contributed by atoms with Gasteiger partial charge in [-0.15, -0.1) is 0 Å². The summed E-state index contributed by atoms with van der Waals surface area (Å²) in [5.41, 5.74) is 0.768. The molecule has 1 atom stereocenters. The number of nitrogens with one attached hydrogen (secondary N) is 1. The first-order valence-electron chi connectivity index (χ1n) is 5.89. The second kappa shape index (κ2) is 5.47. The third kappa shape index (κ3) is 4.71. The van der Waals surface area contributed by atoms with Crippen LogP contribution in [0, 0.1) is 6.92 Å². The molecule has 0 aromatic carbocycles. The zero-order valence-corrected chi connectivity index (χ0v) is 11.0. The number of aromatic nitrogens is 1. The summed E-state index contributed by atoms with van der Waals surface area (Å²) < 4.78 is 1.59. The molecule has 0 fully saturated rings. The zero-order chi connectivity index (χ0) is 13.1. The van der Waals surface area contributed by atoms with Gasteiger partial charge in [0.1, 0.15) is 0 Å². The van der Waals surface area contributed by atoms with Crippen molar-refractivity contribution in [2.24, 2.45) is 0 Å². The third-order valence-corrected chi connectivity index (χ3v) is 2.53. The Hall–Kier alpha value is -1.13. The minimum Gasteiger partial charge on any atom is -0.390 e. The molecule has 1 aromatic rings. The maximum atomic E-state index is 11.6. The number of aliphatic hydroxyl groups excluding tert-OH is 1. The molecule has 96 valence electrons. The van der Waals surface area contributed by atoms with Crippen LogP contribution in [-0.4, -0.2) is 27.9 Å². The van der Waals surface area contributed by atoms with Crippen molar-refractivity contribution in [1.82, 2.24) is 9.88 Å². The van der Waals surface area contributed by atoms with E-state index < -0.39 is 6.10 Å². The monoisotopic (exact) mass is 238 g/mol. The number of rotatable bonds is 4. The van der Waals surface area contributed by atoms with Gasteiger partial charge in [0.25, 0.3) is 5.56 Å². The van der Waals surface area contributed by atoms with Gasteiger partial charge in [-0.25, -0.2) is 0 Å². The molecule has 0 aliphatic heterocycles. The molecule has 4 heteroatoms. The zero-order valence-electron chi connectivity index (χ0n) is 11.0. The molecule has 4 nitrogen and oxygen atoms in total. The van der Waals surface area contributed by atoms with E-state index in [-0.39, 0.29) is 11.1 Å². The van der Waals surface area contributed by atoms with Crippen molar-refractivity contribution in [2.75, 3.05) is 6.54 Å². The fraction of sp³-hybridized carbons (Fsp3) is 0.615. The lowest BCUT2D eigenvalue weighted by atomic mass is 10.1. The fourth-order valence-electron chi connectivity index (χ4n) is 1.56.